The van der Waals surface area contributed by atoms with Crippen molar-refractivity contribution in [1.82, 2.24) is 4.98 Å². The predicted molar refractivity (Wildman–Crippen MR) is 75.8 cm³/mol. The van der Waals surface area contributed by atoms with E-state index in [9.17, 15) is 0 Å². The largest absolute Gasteiger partial charge is 0.353 e. The van der Waals surface area contributed by atoms with Crippen LogP contribution in [0.5, 0.6) is 0 Å². The van der Waals surface area contributed by atoms with Crippen LogP contribution < -0.4 is 0 Å². The summed E-state index contributed by atoms with van der Waals surface area (Å²) < 4.78 is 0. The van der Waals surface area contributed by atoms with Gasteiger partial charge in [0.15, 0.2) is 0 Å². The van der Waals surface area contributed by atoms with E-state index in [2.05, 4.69) is 4.98 Å². The molecule has 3 aromatic rings. The van der Waals surface area contributed by atoms with Crippen LogP contribution in [0.2, 0.25) is 20.1 Å². The van der Waals surface area contributed by atoms with Crippen molar-refractivity contribution < 1.29 is 0 Å². The zero-order chi connectivity index (χ0) is 12.2. The Morgan fingerprint density at radius 3 is 2.18 bits per heavy atom. The highest BCUT2D eigenvalue weighted by molar-refractivity contribution is 6.56. The Hall–Kier alpha value is -0.600. The van der Waals surface area contributed by atoms with Gasteiger partial charge in [-0.15, -0.1) is 0 Å². The van der Waals surface area contributed by atoms with Gasteiger partial charge >= 0.3 is 0 Å². The van der Waals surface area contributed by atoms with E-state index >= 15 is 0 Å². The molecule has 1 heterocycles. The first-order valence-electron chi connectivity index (χ1n) is 4.83. The summed E-state index contributed by atoms with van der Waals surface area (Å²) in [7, 11) is 0. The van der Waals surface area contributed by atoms with Crippen molar-refractivity contribution in [2.45, 2.75) is 0 Å². The summed E-state index contributed by atoms with van der Waals surface area (Å²) in [4.78, 5) is 3.20. The van der Waals surface area contributed by atoms with Crippen molar-refractivity contribution in [3.05, 3.63) is 44.4 Å². The average Bonchev–Trinajstić information content (AvgIpc) is 2.73. The summed E-state index contributed by atoms with van der Waals surface area (Å²) in [6.07, 6.45) is 0. The summed E-state index contributed by atoms with van der Waals surface area (Å²) in [6, 6.07) is 7.77. The van der Waals surface area contributed by atoms with Gasteiger partial charge in [-0.2, -0.15) is 0 Å². The smallest absolute Gasteiger partial charge is 0.0849 e. The third kappa shape index (κ3) is 1.54. The van der Waals surface area contributed by atoms with E-state index in [1.807, 2.05) is 24.3 Å². The number of para-hydroxylation sites is 1. The fourth-order valence-electron chi connectivity index (χ4n) is 1.95. The van der Waals surface area contributed by atoms with E-state index < -0.39 is 0 Å². The topological polar surface area (TPSA) is 15.8 Å². The van der Waals surface area contributed by atoms with E-state index in [1.165, 1.54) is 0 Å². The summed E-state index contributed by atoms with van der Waals surface area (Å²) in [5, 5.41) is 3.17. The molecule has 5 heteroatoms. The van der Waals surface area contributed by atoms with Gasteiger partial charge in [0.05, 0.1) is 25.6 Å². The standard InChI is InChI=1S/C12H5Cl4N/c13-8-7-5-3-1-2-4-6(5)17-12(7)11(16)10(15)9(8)14/h1-4,17H. The Morgan fingerprint density at radius 1 is 0.765 bits per heavy atom. The van der Waals surface area contributed by atoms with Crippen LogP contribution in [-0.4, -0.2) is 4.98 Å². The molecule has 86 valence electrons. The first-order chi connectivity index (χ1) is 8.11. The lowest BCUT2D eigenvalue weighted by molar-refractivity contribution is 1.54. The van der Waals surface area contributed by atoms with Gasteiger partial charge in [-0.25, -0.2) is 0 Å². The minimum atomic E-state index is 0.275. The number of aromatic amines is 1. The molecule has 1 nitrogen and oxygen atoms in total. The van der Waals surface area contributed by atoms with Gasteiger partial charge in [-0.05, 0) is 6.07 Å². The SMILES string of the molecule is Clc1c(Cl)c(Cl)c2c([nH]c3ccccc32)c1Cl. The number of halogens is 4. The molecule has 0 radical (unpaired) electrons. The minimum Gasteiger partial charge on any atom is -0.353 e. The number of aromatic nitrogens is 1. The molecule has 0 aliphatic rings. The number of nitrogens with one attached hydrogen (secondary N) is 1. The first-order valence-corrected chi connectivity index (χ1v) is 6.35. The highest BCUT2D eigenvalue weighted by atomic mass is 35.5. The van der Waals surface area contributed by atoms with Crippen molar-refractivity contribution in [3.63, 3.8) is 0 Å². The van der Waals surface area contributed by atoms with Gasteiger partial charge in [0.1, 0.15) is 0 Å². The summed E-state index contributed by atoms with van der Waals surface area (Å²) in [6.45, 7) is 0. The molecule has 0 atom stereocenters. The Morgan fingerprint density at radius 2 is 1.41 bits per heavy atom. The molecule has 0 spiro atoms. The van der Waals surface area contributed by atoms with E-state index in [0.29, 0.717) is 15.6 Å². The molecule has 0 aliphatic heterocycles. The third-order valence-electron chi connectivity index (χ3n) is 2.72. The van der Waals surface area contributed by atoms with Crippen molar-refractivity contribution >= 4 is 68.2 Å². The zero-order valence-corrected chi connectivity index (χ0v) is 11.3. The van der Waals surface area contributed by atoms with Crippen LogP contribution in [0.25, 0.3) is 21.8 Å². The monoisotopic (exact) mass is 303 g/mol. The molecule has 0 amide bonds. The van der Waals surface area contributed by atoms with Gasteiger partial charge in [0, 0.05) is 16.3 Å². The second kappa shape index (κ2) is 3.96. The Kier molecular flexibility index (Phi) is 2.68. The van der Waals surface area contributed by atoms with Crippen LogP contribution in [0.1, 0.15) is 0 Å². The number of benzene rings is 2. The van der Waals surface area contributed by atoms with E-state index in [0.717, 1.165) is 16.3 Å². The van der Waals surface area contributed by atoms with Gasteiger partial charge in [0.2, 0.25) is 0 Å². The maximum Gasteiger partial charge on any atom is 0.0849 e. The predicted octanol–water partition coefficient (Wildman–Crippen LogP) is 5.93. The third-order valence-corrected chi connectivity index (χ3v) is 4.53. The second-order valence-corrected chi connectivity index (χ2v) is 5.19. The number of hydrogen-bond acceptors (Lipinski definition) is 0. The molecule has 0 unspecified atom stereocenters. The average molecular weight is 305 g/mol. The lowest BCUT2D eigenvalue weighted by Crippen LogP contribution is -1.78. The quantitative estimate of drug-likeness (QED) is 0.391. The molecule has 17 heavy (non-hydrogen) atoms. The Bertz CT molecular complexity index is 745. The molecule has 1 aromatic heterocycles. The second-order valence-electron chi connectivity index (χ2n) is 3.68. The van der Waals surface area contributed by atoms with Crippen LogP contribution in [0, 0.1) is 0 Å². The lowest BCUT2D eigenvalue weighted by Gasteiger charge is -2.04. The van der Waals surface area contributed by atoms with Crippen LogP contribution >= 0.6 is 46.4 Å². The van der Waals surface area contributed by atoms with E-state index in [-0.39, 0.29) is 10.0 Å². The molecule has 1 N–H and O–H groups in total. The van der Waals surface area contributed by atoms with E-state index in [1.54, 1.807) is 0 Å². The van der Waals surface area contributed by atoms with Crippen LogP contribution in [0.15, 0.2) is 24.3 Å². The Balaban J connectivity index is 2.67. The first kappa shape index (κ1) is 11.5. The maximum absolute atomic E-state index is 6.23. The van der Waals surface area contributed by atoms with Crippen molar-refractivity contribution in [1.29, 1.82) is 0 Å². The molecule has 2 aromatic carbocycles. The molecular weight excluding hydrogens is 300 g/mol. The number of H-pyrrole nitrogens is 1. The number of fused-ring (bicyclic) bond motifs is 3. The highest BCUT2D eigenvalue weighted by Crippen LogP contribution is 2.45. The lowest BCUT2D eigenvalue weighted by atomic mass is 10.1. The molecule has 0 saturated carbocycles. The van der Waals surface area contributed by atoms with Crippen molar-refractivity contribution in [2.24, 2.45) is 0 Å². The maximum atomic E-state index is 6.23. The molecule has 0 fully saturated rings. The van der Waals surface area contributed by atoms with Crippen LogP contribution in [0.4, 0.5) is 0 Å². The summed E-state index contributed by atoms with van der Waals surface area (Å²) in [5.41, 5.74) is 1.66. The molecule has 3 rings (SSSR count). The molecular formula is C12H5Cl4N. The molecule has 0 aliphatic carbocycles. The van der Waals surface area contributed by atoms with Gasteiger partial charge in [0.25, 0.3) is 0 Å². The zero-order valence-electron chi connectivity index (χ0n) is 8.32. The number of rotatable bonds is 0. The number of hydrogen-bond donors (Lipinski definition) is 1. The summed E-state index contributed by atoms with van der Waals surface area (Å²) >= 11 is 24.5. The van der Waals surface area contributed by atoms with Crippen molar-refractivity contribution in [3.8, 4) is 0 Å². The van der Waals surface area contributed by atoms with Gasteiger partial charge < -0.3 is 4.98 Å². The van der Waals surface area contributed by atoms with Gasteiger partial charge in [-0.3, -0.25) is 0 Å². The molecule has 0 bridgehead atoms. The fraction of sp³-hybridized carbons (Fsp3) is 0. The normalized spacial score (nSPS) is 11.5. The van der Waals surface area contributed by atoms with Gasteiger partial charge in [-0.1, -0.05) is 64.6 Å². The van der Waals surface area contributed by atoms with Crippen LogP contribution in [-0.2, 0) is 0 Å². The van der Waals surface area contributed by atoms with Crippen LogP contribution in [0.3, 0.4) is 0 Å². The fourth-order valence-corrected chi connectivity index (χ4v) is 2.95. The summed E-state index contributed by atoms with van der Waals surface area (Å²) in [5.74, 6) is 0. The molecule has 0 saturated heterocycles. The highest BCUT2D eigenvalue weighted by Gasteiger charge is 2.18. The Labute approximate surface area is 117 Å². The minimum absolute atomic E-state index is 0.275. The van der Waals surface area contributed by atoms with Crippen molar-refractivity contribution in [2.75, 3.05) is 0 Å². The van der Waals surface area contributed by atoms with E-state index in [4.69, 9.17) is 46.4 Å².